The highest BCUT2D eigenvalue weighted by Crippen LogP contribution is 2.54. The summed E-state index contributed by atoms with van der Waals surface area (Å²) in [6.45, 7) is 3.94. The minimum Gasteiger partial charge on any atom is -0.468 e. The van der Waals surface area contributed by atoms with Gasteiger partial charge in [-0.25, -0.2) is 0 Å². The number of carbonyl (C=O) groups excluding carboxylic acids is 1. The van der Waals surface area contributed by atoms with E-state index in [-0.39, 0.29) is 0 Å². The number of rotatable bonds is 3. The van der Waals surface area contributed by atoms with Gasteiger partial charge in [-0.05, 0) is 6.92 Å². The van der Waals surface area contributed by atoms with Gasteiger partial charge in [0, 0.05) is 6.42 Å². The van der Waals surface area contributed by atoms with Crippen molar-refractivity contribution < 1.29 is 35.9 Å². The number of ether oxygens (including phenoxy) is 1. The van der Waals surface area contributed by atoms with Gasteiger partial charge in [0.1, 0.15) is 0 Å². The Morgan fingerprint density at radius 3 is 1.65 bits per heavy atom. The van der Waals surface area contributed by atoms with Crippen molar-refractivity contribution >= 4 is 5.97 Å². The van der Waals surface area contributed by atoms with Crippen molar-refractivity contribution in [2.45, 2.75) is 25.7 Å². The molecule has 2 nitrogen and oxygen atoms in total. The number of hydrogen-bond acceptors (Lipinski definition) is 2. The van der Waals surface area contributed by atoms with E-state index in [0.717, 1.165) is 6.92 Å². The summed E-state index contributed by atoms with van der Waals surface area (Å²) in [5, 5.41) is 0. The lowest BCUT2D eigenvalue weighted by atomic mass is 9.80. The van der Waals surface area contributed by atoms with Crippen LogP contribution in [0.3, 0.4) is 0 Å². The molecule has 0 aromatic rings. The number of hydrogen-bond donors (Lipinski definition) is 0. The van der Waals surface area contributed by atoms with Gasteiger partial charge in [0.25, 0.3) is 5.41 Å². The number of alkyl halides is 6. The highest BCUT2D eigenvalue weighted by atomic mass is 19.4. The minimum absolute atomic E-state index is 0.426. The van der Waals surface area contributed by atoms with Gasteiger partial charge in [-0.3, -0.25) is 4.79 Å². The molecule has 0 bridgehead atoms. The van der Waals surface area contributed by atoms with E-state index < -0.39 is 35.7 Å². The summed E-state index contributed by atoms with van der Waals surface area (Å²) in [6.07, 6.45) is -13.2. The van der Waals surface area contributed by atoms with Gasteiger partial charge in [-0.1, -0.05) is 5.57 Å². The molecule has 0 unspecified atom stereocenters. The number of allylic oxidation sites excluding steroid dienone is 1. The molecule has 0 heterocycles. The second kappa shape index (κ2) is 4.58. The number of methoxy groups -OCH3 is 1. The van der Waals surface area contributed by atoms with Crippen molar-refractivity contribution in [2.75, 3.05) is 7.11 Å². The van der Waals surface area contributed by atoms with Gasteiger partial charge < -0.3 is 4.74 Å². The van der Waals surface area contributed by atoms with Gasteiger partial charge in [-0.2, -0.15) is 26.3 Å². The van der Waals surface area contributed by atoms with Gasteiger partial charge in [0.2, 0.25) is 0 Å². The van der Waals surface area contributed by atoms with Crippen LogP contribution >= 0.6 is 0 Å². The van der Waals surface area contributed by atoms with Gasteiger partial charge >= 0.3 is 18.3 Å². The van der Waals surface area contributed by atoms with Crippen LogP contribution in [0.2, 0.25) is 0 Å². The zero-order valence-electron chi connectivity index (χ0n) is 9.00. The standard InChI is InChI=1S/C9H10F6O2/c1-5(2)4-7(6(16)17-3,8(10,11)12)9(13,14)15/h1,4H2,2-3H3. The first-order valence-corrected chi connectivity index (χ1v) is 4.26. The zero-order valence-corrected chi connectivity index (χ0v) is 9.00. The van der Waals surface area contributed by atoms with E-state index in [2.05, 4.69) is 11.3 Å². The monoisotopic (exact) mass is 264 g/mol. The Balaban J connectivity index is 5.91. The molecule has 0 aliphatic heterocycles. The van der Waals surface area contributed by atoms with Crippen molar-refractivity contribution in [2.24, 2.45) is 5.41 Å². The lowest BCUT2D eigenvalue weighted by Gasteiger charge is -2.34. The van der Waals surface area contributed by atoms with Crippen LogP contribution < -0.4 is 0 Å². The predicted octanol–water partition coefficient (Wildman–Crippen LogP) is 3.24. The number of carbonyl (C=O) groups is 1. The molecule has 0 amide bonds. The second-order valence-corrected chi connectivity index (χ2v) is 3.53. The molecule has 0 fully saturated rings. The Kier molecular flexibility index (Phi) is 4.25. The Labute approximate surface area is 93.2 Å². The Morgan fingerprint density at radius 1 is 1.12 bits per heavy atom. The lowest BCUT2D eigenvalue weighted by Crippen LogP contribution is -2.56. The third kappa shape index (κ3) is 2.73. The third-order valence-electron chi connectivity index (χ3n) is 2.07. The van der Waals surface area contributed by atoms with Crippen molar-refractivity contribution in [3.05, 3.63) is 12.2 Å². The molecule has 8 heteroatoms. The summed E-state index contributed by atoms with van der Waals surface area (Å²) in [5.41, 5.74) is -4.98. The molecule has 0 aromatic heterocycles. The average Bonchev–Trinajstić information content (AvgIpc) is 2.08. The third-order valence-corrected chi connectivity index (χ3v) is 2.07. The fourth-order valence-electron chi connectivity index (χ4n) is 1.29. The Morgan fingerprint density at radius 2 is 1.47 bits per heavy atom. The normalized spacial score (nSPS) is 13.4. The zero-order chi connectivity index (χ0) is 14.1. The van der Waals surface area contributed by atoms with E-state index in [1.165, 1.54) is 0 Å². The molecule has 0 N–H and O–H groups in total. The number of halogens is 6. The van der Waals surface area contributed by atoms with E-state index in [0.29, 0.717) is 7.11 Å². The highest BCUT2D eigenvalue weighted by molar-refractivity contribution is 5.79. The van der Waals surface area contributed by atoms with Gasteiger partial charge in [-0.15, -0.1) is 6.58 Å². The van der Waals surface area contributed by atoms with Crippen LogP contribution in [0.4, 0.5) is 26.3 Å². The van der Waals surface area contributed by atoms with Crippen LogP contribution in [0.1, 0.15) is 13.3 Å². The predicted molar refractivity (Wildman–Crippen MR) is 46.0 cm³/mol. The molecule has 0 radical (unpaired) electrons. The molecule has 0 aromatic carbocycles. The van der Waals surface area contributed by atoms with Crippen molar-refractivity contribution in [3.63, 3.8) is 0 Å². The summed E-state index contributed by atoms with van der Waals surface area (Å²) >= 11 is 0. The van der Waals surface area contributed by atoms with Crippen LogP contribution in [0.15, 0.2) is 12.2 Å². The fraction of sp³-hybridized carbons (Fsp3) is 0.667. The van der Waals surface area contributed by atoms with Crippen molar-refractivity contribution in [1.82, 2.24) is 0 Å². The van der Waals surface area contributed by atoms with E-state index in [9.17, 15) is 31.1 Å². The maximum absolute atomic E-state index is 12.6. The summed E-state index contributed by atoms with van der Waals surface area (Å²) in [6, 6.07) is 0. The minimum atomic E-state index is -5.81. The van der Waals surface area contributed by atoms with Gasteiger partial charge in [0.15, 0.2) is 0 Å². The molecule has 17 heavy (non-hydrogen) atoms. The molecule has 0 saturated heterocycles. The first-order valence-electron chi connectivity index (χ1n) is 4.26. The van der Waals surface area contributed by atoms with Crippen molar-refractivity contribution in [1.29, 1.82) is 0 Å². The molecular weight excluding hydrogens is 254 g/mol. The SMILES string of the molecule is C=C(C)CC(C(=O)OC)(C(F)(F)F)C(F)(F)F. The summed E-state index contributed by atoms with van der Waals surface area (Å²) < 4.78 is 79.3. The van der Waals surface area contributed by atoms with E-state index in [4.69, 9.17) is 0 Å². The maximum atomic E-state index is 12.6. The second-order valence-electron chi connectivity index (χ2n) is 3.53. The molecule has 100 valence electrons. The smallest absolute Gasteiger partial charge is 0.414 e. The summed E-state index contributed by atoms with van der Waals surface area (Å²) in [7, 11) is 0.465. The summed E-state index contributed by atoms with van der Waals surface area (Å²) in [4.78, 5) is 11.0. The largest absolute Gasteiger partial charge is 0.468 e. The lowest BCUT2D eigenvalue weighted by molar-refractivity contribution is -0.331. The summed E-state index contributed by atoms with van der Waals surface area (Å²) in [5.74, 6) is -2.39. The molecule has 0 aliphatic carbocycles. The first kappa shape index (κ1) is 15.8. The molecule has 0 aliphatic rings. The van der Waals surface area contributed by atoms with Crippen LogP contribution in [-0.2, 0) is 9.53 Å². The molecular formula is C9H10F6O2. The van der Waals surface area contributed by atoms with Crippen LogP contribution in [0.25, 0.3) is 0 Å². The molecule has 0 spiro atoms. The maximum Gasteiger partial charge on any atom is 0.414 e. The average molecular weight is 264 g/mol. The Bertz CT molecular complexity index is 300. The first-order chi connectivity index (χ1) is 7.40. The fourth-order valence-corrected chi connectivity index (χ4v) is 1.29. The van der Waals surface area contributed by atoms with Crippen LogP contribution in [0.5, 0.6) is 0 Å². The van der Waals surface area contributed by atoms with E-state index >= 15 is 0 Å². The molecule has 0 rings (SSSR count). The van der Waals surface area contributed by atoms with E-state index in [1.54, 1.807) is 0 Å². The topological polar surface area (TPSA) is 26.3 Å². The quantitative estimate of drug-likeness (QED) is 0.444. The van der Waals surface area contributed by atoms with Crippen molar-refractivity contribution in [3.8, 4) is 0 Å². The van der Waals surface area contributed by atoms with Crippen LogP contribution in [-0.4, -0.2) is 25.4 Å². The van der Waals surface area contributed by atoms with Crippen LogP contribution in [0, 0.1) is 5.41 Å². The van der Waals surface area contributed by atoms with Gasteiger partial charge in [0.05, 0.1) is 7.11 Å². The highest BCUT2D eigenvalue weighted by Gasteiger charge is 2.76. The van der Waals surface area contributed by atoms with E-state index in [1.807, 2.05) is 0 Å². The Hall–Kier alpha value is -1.21. The molecule has 0 atom stereocenters. The molecule has 0 saturated carbocycles. The number of esters is 1.